The molecule has 1 N–H and O–H groups in total. The molecule has 0 saturated heterocycles. The Kier molecular flexibility index (Phi) is 6.19. The first-order valence-corrected chi connectivity index (χ1v) is 6.62. The van der Waals surface area contributed by atoms with Gasteiger partial charge in [0, 0.05) is 19.3 Å². The summed E-state index contributed by atoms with van der Waals surface area (Å²) in [7, 11) is 0. The van der Waals surface area contributed by atoms with E-state index in [4.69, 9.17) is 0 Å². The van der Waals surface area contributed by atoms with E-state index in [2.05, 4.69) is 18.8 Å². The van der Waals surface area contributed by atoms with E-state index >= 15 is 0 Å². The molecule has 0 unspecified atom stereocenters. The summed E-state index contributed by atoms with van der Waals surface area (Å²) in [5.74, 6) is -0.00733. The smallest absolute Gasteiger partial charge is 0.255 e. The molecule has 18 heavy (non-hydrogen) atoms. The maximum atomic E-state index is 12.3. The van der Waals surface area contributed by atoms with E-state index in [9.17, 15) is 9.90 Å². The maximum Gasteiger partial charge on any atom is 0.255 e. The minimum Gasteiger partial charge on any atom is -0.506 e. The fourth-order valence-electron chi connectivity index (χ4n) is 1.74. The Balaban J connectivity index is 2.73. The molecule has 0 saturated carbocycles. The lowest BCUT2D eigenvalue weighted by Gasteiger charge is -2.22. The third kappa shape index (κ3) is 4.35. The zero-order valence-corrected chi connectivity index (χ0v) is 11.2. The molecule has 1 heterocycles. The Bertz CT molecular complexity index is 372. The summed E-state index contributed by atoms with van der Waals surface area (Å²) in [6, 6.07) is 1.47. The fourth-order valence-corrected chi connectivity index (χ4v) is 1.74. The normalized spacial score (nSPS) is 10.3. The third-order valence-electron chi connectivity index (χ3n) is 2.82. The van der Waals surface area contributed by atoms with Gasteiger partial charge in [0.2, 0.25) is 0 Å². The molecule has 0 bridgehead atoms. The van der Waals surface area contributed by atoms with Crippen molar-refractivity contribution in [2.75, 3.05) is 13.1 Å². The van der Waals surface area contributed by atoms with E-state index < -0.39 is 0 Å². The van der Waals surface area contributed by atoms with Gasteiger partial charge in [-0.2, -0.15) is 0 Å². The van der Waals surface area contributed by atoms with Crippen LogP contribution in [-0.2, 0) is 0 Å². The van der Waals surface area contributed by atoms with Gasteiger partial charge in [0.15, 0.2) is 0 Å². The van der Waals surface area contributed by atoms with Gasteiger partial charge in [-0.15, -0.1) is 0 Å². The van der Waals surface area contributed by atoms with Gasteiger partial charge in [-0.1, -0.05) is 26.7 Å². The molecular formula is C14H22N2O2. The molecule has 4 nitrogen and oxygen atoms in total. The zero-order chi connectivity index (χ0) is 13.4. The summed E-state index contributed by atoms with van der Waals surface area (Å²) >= 11 is 0. The van der Waals surface area contributed by atoms with Crippen molar-refractivity contribution in [3.8, 4) is 5.75 Å². The average Bonchev–Trinajstić information content (AvgIpc) is 2.38. The number of hydrogen-bond acceptors (Lipinski definition) is 3. The molecule has 4 heteroatoms. The lowest BCUT2D eigenvalue weighted by molar-refractivity contribution is 0.0750. The Hall–Kier alpha value is -1.58. The number of hydrogen-bond donors (Lipinski definition) is 1. The number of aromatic hydroxyl groups is 1. The number of carbonyl (C=O) groups excluding carboxylic acids is 1. The fraction of sp³-hybridized carbons (Fsp3) is 0.571. The molecule has 1 rings (SSSR count). The average molecular weight is 250 g/mol. The van der Waals surface area contributed by atoms with Crippen LogP contribution in [-0.4, -0.2) is 34.0 Å². The topological polar surface area (TPSA) is 53.4 Å². The summed E-state index contributed by atoms with van der Waals surface area (Å²) in [5.41, 5.74) is 0.460. The van der Waals surface area contributed by atoms with E-state index in [0.717, 1.165) is 38.8 Å². The van der Waals surface area contributed by atoms with E-state index in [0.29, 0.717) is 5.56 Å². The summed E-state index contributed by atoms with van der Waals surface area (Å²) in [6.07, 6.45) is 6.97. The Morgan fingerprint density at radius 2 is 1.83 bits per heavy atom. The SMILES string of the molecule is CCCCN(CCCC)C(=O)c1cncc(O)c1. The Morgan fingerprint density at radius 3 is 2.33 bits per heavy atom. The van der Waals surface area contributed by atoms with Crippen LogP contribution in [0.4, 0.5) is 0 Å². The molecule has 0 radical (unpaired) electrons. The summed E-state index contributed by atoms with van der Waals surface area (Å²) in [5, 5.41) is 9.36. The van der Waals surface area contributed by atoms with Crippen molar-refractivity contribution < 1.29 is 9.90 Å². The van der Waals surface area contributed by atoms with Crippen LogP contribution < -0.4 is 0 Å². The van der Waals surface area contributed by atoms with Crippen molar-refractivity contribution in [1.82, 2.24) is 9.88 Å². The second-order valence-corrected chi connectivity index (χ2v) is 4.43. The highest BCUT2D eigenvalue weighted by molar-refractivity contribution is 5.94. The van der Waals surface area contributed by atoms with Crippen LogP contribution in [0.15, 0.2) is 18.5 Å². The molecular weight excluding hydrogens is 228 g/mol. The molecule has 0 aliphatic heterocycles. The second kappa shape index (κ2) is 7.69. The van der Waals surface area contributed by atoms with E-state index in [-0.39, 0.29) is 11.7 Å². The van der Waals surface area contributed by atoms with Crippen LogP contribution in [0.3, 0.4) is 0 Å². The number of carbonyl (C=O) groups is 1. The van der Waals surface area contributed by atoms with Crippen LogP contribution in [0, 0.1) is 0 Å². The number of nitrogens with zero attached hydrogens (tertiary/aromatic N) is 2. The van der Waals surface area contributed by atoms with Gasteiger partial charge in [-0.25, -0.2) is 0 Å². The van der Waals surface area contributed by atoms with Gasteiger partial charge in [-0.05, 0) is 18.9 Å². The maximum absolute atomic E-state index is 12.3. The standard InChI is InChI=1S/C14H22N2O2/c1-3-5-7-16(8-6-4-2)14(18)12-9-13(17)11-15-10-12/h9-11,17H,3-8H2,1-2H3. The van der Waals surface area contributed by atoms with Crippen molar-refractivity contribution in [2.45, 2.75) is 39.5 Å². The highest BCUT2D eigenvalue weighted by Gasteiger charge is 2.15. The number of unbranched alkanes of at least 4 members (excludes halogenated alkanes) is 2. The molecule has 0 aliphatic carbocycles. The molecule has 100 valence electrons. The first-order chi connectivity index (χ1) is 8.69. The molecule has 1 amide bonds. The number of pyridine rings is 1. The first kappa shape index (κ1) is 14.5. The van der Waals surface area contributed by atoms with Crippen molar-refractivity contribution in [2.24, 2.45) is 0 Å². The highest BCUT2D eigenvalue weighted by atomic mass is 16.3. The van der Waals surface area contributed by atoms with Crippen LogP contribution >= 0.6 is 0 Å². The lowest BCUT2D eigenvalue weighted by Crippen LogP contribution is -2.33. The molecule has 1 aromatic heterocycles. The van der Waals surface area contributed by atoms with Gasteiger partial charge >= 0.3 is 0 Å². The van der Waals surface area contributed by atoms with E-state index in [1.54, 1.807) is 0 Å². The van der Waals surface area contributed by atoms with Crippen LogP contribution in [0.5, 0.6) is 5.75 Å². The van der Waals surface area contributed by atoms with E-state index in [1.807, 2.05) is 4.90 Å². The first-order valence-electron chi connectivity index (χ1n) is 6.62. The Labute approximate surface area is 109 Å². The van der Waals surface area contributed by atoms with Crippen molar-refractivity contribution in [1.29, 1.82) is 0 Å². The zero-order valence-electron chi connectivity index (χ0n) is 11.2. The number of rotatable bonds is 7. The molecule has 0 atom stereocenters. The molecule has 0 aromatic carbocycles. The summed E-state index contributed by atoms with van der Waals surface area (Å²) < 4.78 is 0. The third-order valence-corrected chi connectivity index (χ3v) is 2.82. The monoisotopic (exact) mass is 250 g/mol. The molecule has 0 fully saturated rings. The predicted molar refractivity (Wildman–Crippen MR) is 71.6 cm³/mol. The lowest BCUT2D eigenvalue weighted by atomic mass is 10.2. The van der Waals surface area contributed by atoms with Crippen LogP contribution in [0.1, 0.15) is 49.9 Å². The van der Waals surface area contributed by atoms with Crippen molar-refractivity contribution in [3.05, 3.63) is 24.0 Å². The summed E-state index contributed by atoms with van der Waals surface area (Å²) in [6.45, 7) is 5.76. The van der Waals surface area contributed by atoms with Gasteiger partial charge in [0.05, 0.1) is 11.8 Å². The van der Waals surface area contributed by atoms with Gasteiger partial charge in [0.1, 0.15) is 5.75 Å². The van der Waals surface area contributed by atoms with Gasteiger partial charge in [-0.3, -0.25) is 9.78 Å². The highest BCUT2D eigenvalue weighted by Crippen LogP contribution is 2.12. The summed E-state index contributed by atoms with van der Waals surface area (Å²) in [4.78, 5) is 18.0. The van der Waals surface area contributed by atoms with Crippen LogP contribution in [0.25, 0.3) is 0 Å². The minimum absolute atomic E-state index is 0.0341. The second-order valence-electron chi connectivity index (χ2n) is 4.43. The van der Waals surface area contributed by atoms with Gasteiger partial charge < -0.3 is 10.0 Å². The van der Waals surface area contributed by atoms with E-state index in [1.165, 1.54) is 18.5 Å². The van der Waals surface area contributed by atoms with Crippen molar-refractivity contribution >= 4 is 5.91 Å². The van der Waals surface area contributed by atoms with Crippen molar-refractivity contribution in [3.63, 3.8) is 0 Å². The molecule has 1 aromatic rings. The van der Waals surface area contributed by atoms with Gasteiger partial charge in [0.25, 0.3) is 5.91 Å². The number of amides is 1. The molecule has 0 spiro atoms. The van der Waals surface area contributed by atoms with Crippen LogP contribution in [0.2, 0.25) is 0 Å². The quantitative estimate of drug-likeness (QED) is 0.809. The number of aromatic nitrogens is 1. The largest absolute Gasteiger partial charge is 0.506 e. The molecule has 0 aliphatic rings. The Morgan fingerprint density at radius 1 is 1.22 bits per heavy atom. The minimum atomic E-state index is -0.0414. The predicted octanol–water partition coefficient (Wildman–Crippen LogP) is 2.83.